The molecule has 0 unspecified atom stereocenters. The van der Waals surface area contributed by atoms with Gasteiger partial charge < -0.3 is 5.73 Å². The third-order valence-corrected chi connectivity index (χ3v) is 3.30. The van der Waals surface area contributed by atoms with Crippen LogP contribution >= 0.6 is 11.3 Å². The standard InChI is InChI=1S/C10H13N7S/c1-3-4-16-7(5-6(2)14-16)8-12-13-10-17(8)15-9(11)18-10/h5H,3-4H2,1-2H3,(H2,11,15). The van der Waals surface area contributed by atoms with Gasteiger partial charge in [-0.05, 0) is 19.4 Å². The van der Waals surface area contributed by atoms with Crippen molar-refractivity contribution in [1.29, 1.82) is 0 Å². The first-order valence-corrected chi connectivity index (χ1v) is 6.53. The fourth-order valence-electron chi connectivity index (χ4n) is 1.90. The van der Waals surface area contributed by atoms with Crippen LogP contribution in [-0.2, 0) is 6.54 Å². The van der Waals surface area contributed by atoms with Gasteiger partial charge in [-0.1, -0.05) is 18.3 Å². The molecule has 0 aliphatic rings. The molecule has 0 aliphatic carbocycles. The second-order valence-corrected chi connectivity index (χ2v) is 5.04. The Balaban J connectivity index is 2.18. The van der Waals surface area contributed by atoms with E-state index < -0.39 is 0 Å². The smallest absolute Gasteiger partial charge is 0.236 e. The average Bonchev–Trinajstić information content (AvgIpc) is 2.93. The van der Waals surface area contributed by atoms with Crippen molar-refractivity contribution in [2.75, 3.05) is 5.73 Å². The molecule has 0 spiro atoms. The van der Waals surface area contributed by atoms with E-state index in [9.17, 15) is 0 Å². The predicted molar refractivity (Wildman–Crippen MR) is 69.3 cm³/mol. The first kappa shape index (κ1) is 11.1. The Bertz CT molecular complexity index is 692. The van der Waals surface area contributed by atoms with Crippen molar-refractivity contribution in [3.63, 3.8) is 0 Å². The molecule has 3 aromatic heterocycles. The van der Waals surface area contributed by atoms with Crippen molar-refractivity contribution >= 4 is 21.4 Å². The van der Waals surface area contributed by atoms with E-state index in [0.29, 0.717) is 15.9 Å². The molecule has 0 amide bonds. The fourth-order valence-corrected chi connectivity index (χ4v) is 2.50. The summed E-state index contributed by atoms with van der Waals surface area (Å²) < 4.78 is 3.60. The number of hydrogen-bond acceptors (Lipinski definition) is 6. The minimum Gasteiger partial charge on any atom is -0.374 e. The lowest BCUT2D eigenvalue weighted by Crippen LogP contribution is -2.04. The molecule has 0 fully saturated rings. The zero-order chi connectivity index (χ0) is 12.7. The molecule has 8 heteroatoms. The van der Waals surface area contributed by atoms with E-state index in [4.69, 9.17) is 5.73 Å². The van der Waals surface area contributed by atoms with E-state index in [-0.39, 0.29) is 0 Å². The van der Waals surface area contributed by atoms with Crippen LogP contribution in [0.1, 0.15) is 19.0 Å². The van der Waals surface area contributed by atoms with Crippen LogP contribution in [-0.4, -0.2) is 29.6 Å². The van der Waals surface area contributed by atoms with Gasteiger partial charge in [0.05, 0.1) is 5.69 Å². The van der Waals surface area contributed by atoms with Gasteiger partial charge in [0.25, 0.3) is 0 Å². The van der Waals surface area contributed by atoms with Crippen LogP contribution in [0.3, 0.4) is 0 Å². The van der Waals surface area contributed by atoms with E-state index in [1.54, 1.807) is 4.52 Å². The Labute approximate surface area is 107 Å². The second-order valence-electron chi connectivity index (χ2n) is 4.05. The number of aryl methyl sites for hydroxylation is 2. The van der Waals surface area contributed by atoms with Crippen LogP contribution in [0.15, 0.2) is 6.07 Å². The highest BCUT2D eigenvalue weighted by Crippen LogP contribution is 2.23. The number of nitrogens with two attached hydrogens (primary N) is 1. The van der Waals surface area contributed by atoms with Crippen LogP contribution < -0.4 is 5.73 Å². The first-order chi connectivity index (χ1) is 8.69. The molecule has 7 nitrogen and oxygen atoms in total. The van der Waals surface area contributed by atoms with Gasteiger partial charge in [-0.15, -0.1) is 15.3 Å². The maximum absolute atomic E-state index is 5.68. The largest absolute Gasteiger partial charge is 0.374 e. The molecule has 2 N–H and O–H groups in total. The van der Waals surface area contributed by atoms with E-state index in [0.717, 1.165) is 24.4 Å². The van der Waals surface area contributed by atoms with Crippen molar-refractivity contribution < 1.29 is 0 Å². The third-order valence-electron chi connectivity index (χ3n) is 2.57. The summed E-state index contributed by atoms with van der Waals surface area (Å²) in [6.07, 6.45) is 1.01. The maximum Gasteiger partial charge on any atom is 0.236 e. The van der Waals surface area contributed by atoms with Gasteiger partial charge in [0.15, 0.2) is 0 Å². The summed E-state index contributed by atoms with van der Waals surface area (Å²) in [4.78, 5) is 0.699. The number of rotatable bonds is 3. The number of fused-ring (bicyclic) bond motifs is 1. The molecule has 0 bridgehead atoms. The molecular weight excluding hydrogens is 250 g/mol. The van der Waals surface area contributed by atoms with E-state index in [1.807, 2.05) is 17.7 Å². The van der Waals surface area contributed by atoms with E-state index in [1.165, 1.54) is 11.3 Å². The van der Waals surface area contributed by atoms with Crippen molar-refractivity contribution in [1.82, 2.24) is 29.6 Å². The Morgan fingerprint density at radius 3 is 2.94 bits per heavy atom. The number of nitrogen functional groups attached to an aromatic ring is 1. The summed E-state index contributed by atoms with van der Waals surface area (Å²) in [5, 5.41) is 17.4. The first-order valence-electron chi connectivity index (χ1n) is 5.71. The zero-order valence-corrected chi connectivity index (χ0v) is 11.0. The highest BCUT2D eigenvalue weighted by molar-refractivity contribution is 7.20. The molecule has 3 aromatic rings. The average molecular weight is 263 g/mol. The Hall–Kier alpha value is -1.96. The molecule has 0 aromatic carbocycles. The topological polar surface area (TPSA) is 86.9 Å². The van der Waals surface area contributed by atoms with Gasteiger partial charge >= 0.3 is 0 Å². The highest BCUT2D eigenvalue weighted by atomic mass is 32.1. The number of nitrogens with zero attached hydrogens (tertiary/aromatic N) is 6. The molecule has 0 atom stereocenters. The van der Waals surface area contributed by atoms with Crippen molar-refractivity contribution in [2.24, 2.45) is 0 Å². The van der Waals surface area contributed by atoms with E-state index >= 15 is 0 Å². The monoisotopic (exact) mass is 263 g/mol. The summed E-state index contributed by atoms with van der Waals surface area (Å²) in [5.74, 6) is 0.687. The fraction of sp³-hybridized carbons (Fsp3) is 0.400. The Morgan fingerprint density at radius 1 is 1.33 bits per heavy atom. The summed E-state index contributed by atoms with van der Waals surface area (Å²) in [5.41, 5.74) is 7.56. The Kier molecular flexibility index (Phi) is 2.51. The number of anilines is 1. The third kappa shape index (κ3) is 1.65. The minimum atomic E-state index is 0.486. The van der Waals surface area contributed by atoms with Gasteiger partial charge in [-0.2, -0.15) is 9.61 Å². The summed E-state index contributed by atoms with van der Waals surface area (Å²) >= 11 is 1.32. The van der Waals surface area contributed by atoms with E-state index in [2.05, 4.69) is 27.3 Å². The lowest BCUT2D eigenvalue weighted by Gasteiger charge is -2.02. The summed E-state index contributed by atoms with van der Waals surface area (Å²) in [7, 11) is 0. The van der Waals surface area contributed by atoms with Crippen LogP contribution in [0.5, 0.6) is 0 Å². The molecule has 18 heavy (non-hydrogen) atoms. The van der Waals surface area contributed by atoms with Gasteiger partial charge in [-0.25, -0.2) is 0 Å². The van der Waals surface area contributed by atoms with Crippen LogP contribution in [0, 0.1) is 6.92 Å². The lowest BCUT2D eigenvalue weighted by atomic mass is 10.3. The molecule has 0 saturated carbocycles. The lowest BCUT2D eigenvalue weighted by molar-refractivity contribution is 0.601. The SMILES string of the molecule is CCCn1nc(C)cc1-c1nnc2sc(N)nn12. The highest BCUT2D eigenvalue weighted by Gasteiger charge is 2.16. The number of aromatic nitrogens is 6. The van der Waals surface area contributed by atoms with Crippen molar-refractivity contribution in [3.8, 4) is 11.5 Å². The quantitative estimate of drug-likeness (QED) is 0.770. The van der Waals surface area contributed by atoms with Crippen molar-refractivity contribution in [2.45, 2.75) is 26.8 Å². The van der Waals surface area contributed by atoms with Gasteiger partial charge in [-0.3, -0.25) is 4.68 Å². The molecule has 0 saturated heterocycles. The molecule has 3 heterocycles. The normalized spacial score (nSPS) is 11.4. The van der Waals surface area contributed by atoms with Crippen LogP contribution in [0.2, 0.25) is 0 Å². The molecule has 3 rings (SSSR count). The summed E-state index contributed by atoms with van der Waals surface area (Å²) in [6.45, 7) is 4.92. The van der Waals surface area contributed by atoms with Gasteiger partial charge in [0, 0.05) is 6.54 Å². The second kappa shape index (κ2) is 4.05. The predicted octanol–water partition coefficient (Wildman–Crippen LogP) is 1.35. The molecule has 94 valence electrons. The van der Waals surface area contributed by atoms with Gasteiger partial charge in [0.1, 0.15) is 5.69 Å². The zero-order valence-electron chi connectivity index (χ0n) is 10.2. The molecular formula is C10H13N7S. The summed E-state index contributed by atoms with van der Waals surface area (Å²) in [6, 6.07) is 1.99. The molecule has 0 aliphatic heterocycles. The van der Waals surface area contributed by atoms with Crippen LogP contribution in [0.4, 0.5) is 5.13 Å². The van der Waals surface area contributed by atoms with Gasteiger partial charge in [0.2, 0.25) is 15.9 Å². The number of hydrogen-bond donors (Lipinski definition) is 1. The van der Waals surface area contributed by atoms with Crippen LogP contribution in [0.25, 0.3) is 16.5 Å². The maximum atomic E-state index is 5.68. The molecule has 0 radical (unpaired) electrons. The minimum absolute atomic E-state index is 0.486. The Morgan fingerprint density at radius 2 is 2.17 bits per heavy atom. The van der Waals surface area contributed by atoms with Crippen molar-refractivity contribution in [3.05, 3.63) is 11.8 Å².